The first-order valence-corrected chi connectivity index (χ1v) is 8.60. The van der Waals surface area contributed by atoms with Gasteiger partial charge in [0.2, 0.25) is 0 Å². The molecule has 1 saturated heterocycles. The summed E-state index contributed by atoms with van der Waals surface area (Å²) >= 11 is 0. The number of anilines is 1. The van der Waals surface area contributed by atoms with Crippen molar-refractivity contribution >= 4 is 11.5 Å². The number of fused-ring (bicyclic) bond motifs is 1. The molecular formula is C20H24FNO3. The number of benzene rings is 1. The molecule has 134 valence electrons. The van der Waals surface area contributed by atoms with Crippen molar-refractivity contribution in [3.05, 3.63) is 54.1 Å². The van der Waals surface area contributed by atoms with Crippen LogP contribution in [0, 0.1) is 17.7 Å². The zero-order valence-electron chi connectivity index (χ0n) is 14.7. The van der Waals surface area contributed by atoms with E-state index in [0.717, 1.165) is 5.56 Å². The predicted octanol–water partition coefficient (Wildman–Crippen LogP) is 3.84. The van der Waals surface area contributed by atoms with E-state index >= 15 is 0 Å². The summed E-state index contributed by atoms with van der Waals surface area (Å²) in [4.78, 5) is 12.2. The Morgan fingerprint density at radius 3 is 3.00 bits per heavy atom. The Morgan fingerprint density at radius 1 is 1.52 bits per heavy atom. The van der Waals surface area contributed by atoms with E-state index in [2.05, 4.69) is 18.8 Å². The summed E-state index contributed by atoms with van der Waals surface area (Å²) in [5.41, 5.74) is 0.745. The van der Waals surface area contributed by atoms with E-state index in [9.17, 15) is 9.18 Å². The van der Waals surface area contributed by atoms with Crippen molar-refractivity contribution in [1.29, 1.82) is 0 Å². The Balaban J connectivity index is 1.85. The number of ether oxygens (including phenoxy) is 2. The van der Waals surface area contributed by atoms with Gasteiger partial charge in [-0.15, -0.1) is 6.58 Å². The first-order chi connectivity index (χ1) is 12.0. The fourth-order valence-corrected chi connectivity index (χ4v) is 3.82. The number of nitrogens with one attached hydrogen (secondary N) is 1. The molecule has 3 rings (SSSR count). The molecule has 0 unspecified atom stereocenters. The van der Waals surface area contributed by atoms with E-state index in [1.54, 1.807) is 31.3 Å². The van der Waals surface area contributed by atoms with Gasteiger partial charge in [0.25, 0.3) is 0 Å². The molecule has 4 nitrogen and oxygen atoms in total. The lowest BCUT2D eigenvalue weighted by Gasteiger charge is -2.38. The van der Waals surface area contributed by atoms with Crippen molar-refractivity contribution in [2.45, 2.75) is 31.8 Å². The molecule has 1 aromatic rings. The fourth-order valence-electron chi connectivity index (χ4n) is 3.82. The molecule has 5 heteroatoms. The summed E-state index contributed by atoms with van der Waals surface area (Å²) in [6.45, 7) is 5.96. The van der Waals surface area contributed by atoms with Crippen LogP contribution in [-0.2, 0) is 20.7 Å². The average molecular weight is 345 g/mol. The maximum absolute atomic E-state index is 14.0. The highest BCUT2D eigenvalue weighted by molar-refractivity contribution is 5.93. The third kappa shape index (κ3) is 3.21. The van der Waals surface area contributed by atoms with E-state index in [1.807, 2.05) is 6.07 Å². The molecule has 1 N–H and O–H groups in total. The highest BCUT2D eigenvalue weighted by Gasteiger charge is 2.51. The summed E-state index contributed by atoms with van der Waals surface area (Å²) in [6, 6.07) is 5.20. The number of carbonyl (C=O) groups excluding carboxylic acids is 1. The summed E-state index contributed by atoms with van der Waals surface area (Å²) in [6.07, 6.45) is 5.16. The topological polar surface area (TPSA) is 47.6 Å². The number of carbonyl (C=O) groups is 1. The molecule has 1 aliphatic carbocycles. The number of allylic oxidation sites excluding steroid dienone is 2. The van der Waals surface area contributed by atoms with Crippen molar-refractivity contribution in [2.75, 3.05) is 19.2 Å². The van der Waals surface area contributed by atoms with Gasteiger partial charge >= 0.3 is 0 Å². The normalized spacial score (nSPS) is 26.4. The Morgan fingerprint density at radius 2 is 2.32 bits per heavy atom. The fraction of sp³-hybridized carbons (Fsp3) is 0.450. The van der Waals surface area contributed by atoms with Crippen LogP contribution in [0.15, 0.2) is 42.7 Å². The summed E-state index contributed by atoms with van der Waals surface area (Å²) in [5.74, 6) is 0.299. The molecule has 0 spiro atoms. The second-order valence-corrected chi connectivity index (χ2v) is 6.80. The molecule has 2 aliphatic rings. The third-order valence-electron chi connectivity index (χ3n) is 5.27. The molecule has 1 heterocycles. The van der Waals surface area contributed by atoms with E-state index in [1.165, 1.54) is 0 Å². The maximum atomic E-state index is 14.0. The highest BCUT2D eigenvalue weighted by atomic mass is 19.1. The minimum atomic E-state index is -0.625. The van der Waals surface area contributed by atoms with Crippen molar-refractivity contribution in [2.24, 2.45) is 11.8 Å². The Bertz CT molecular complexity index is 715. The lowest BCUT2D eigenvalue weighted by Crippen LogP contribution is -2.44. The van der Waals surface area contributed by atoms with E-state index in [0.29, 0.717) is 30.7 Å². The van der Waals surface area contributed by atoms with Crippen molar-refractivity contribution in [3.8, 4) is 0 Å². The second-order valence-electron chi connectivity index (χ2n) is 6.80. The lowest BCUT2D eigenvalue weighted by molar-refractivity contribution is -0.123. The SMILES string of the molecule is C=CC[C@H]1C[C@]2([C@H](C)Cc3ccc(NC)c(F)c3)OCOC2=CC1=O. The first-order valence-electron chi connectivity index (χ1n) is 8.60. The predicted molar refractivity (Wildman–Crippen MR) is 94.6 cm³/mol. The van der Waals surface area contributed by atoms with Crippen LogP contribution in [0.25, 0.3) is 0 Å². The van der Waals surface area contributed by atoms with Gasteiger partial charge in [0.1, 0.15) is 17.2 Å². The minimum Gasteiger partial charge on any atom is -0.469 e. The van der Waals surface area contributed by atoms with Crippen LogP contribution < -0.4 is 5.32 Å². The Hall–Kier alpha value is -2.14. The van der Waals surface area contributed by atoms with Crippen LogP contribution in [-0.4, -0.2) is 25.2 Å². The van der Waals surface area contributed by atoms with E-state index < -0.39 is 5.60 Å². The van der Waals surface area contributed by atoms with Crippen LogP contribution in [0.4, 0.5) is 10.1 Å². The van der Waals surface area contributed by atoms with Crippen LogP contribution in [0.3, 0.4) is 0 Å². The quantitative estimate of drug-likeness (QED) is 0.796. The molecule has 0 amide bonds. The van der Waals surface area contributed by atoms with Gasteiger partial charge in [-0.2, -0.15) is 0 Å². The third-order valence-corrected chi connectivity index (χ3v) is 5.27. The number of hydrogen-bond acceptors (Lipinski definition) is 4. The molecule has 0 radical (unpaired) electrons. The molecule has 1 aromatic carbocycles. The molecule has 0 bridgehead atoms. The van der Waals surface area contributed by atoms with Gasteiger partial charge < -0.3 is 14.8 Å². The number of halogens is 1. The van der Waals surface area contributed by atoms with Gasteiger partial charge in [-0.05, 0) is 42.9 Å². The molecule has 1 fully saturated rings. The van der Waals surface area contributed by atoms with Gasteiger partial charge in [0.15, 0.2) is 12.6 Å². The lowest BCUT2D eigenvalue weighted by atomic mass is 9.71. The van der Waals surface area contributed by atoms with E-state index in [4.69, 9.17) is 9.47 Å². The summed E-state index contributed by atoms with van der Waals surface area (Å²) in [7, 11) is 1.69. The number of rotatable bonds is 6. The number of hydrogen-bond donors (Lipinski definition) is 1. The Labute approximate surface area is 147 Å². The van der Waals surface area contributed by atoms with Gasteiger partial charge in [0, 0.05) is 19.0 Å². The summed E-state index contributed by atoms with van der Waals surface area (Å²) < 4.78 is 25.6. The van der Waals surface area contributed by atoms with Crippen LogP contribution in [0.2, 0.25) is 0 Å². The largest absolute Gasteiger partial charge is 0.469 e. The van der Waals surface area contributed by atoms with Crippen LogP contribution >= 0.6 is 0 Å². The van der Waals surface area contributed by atoms with E-state index in [-0.39, 0.29) is 30.2 Å². The maximum Gasteiger partial charge on any atom is 0.189 e. The van der Waals surface area contributed by atoms with Crippen molar-refractivity contribution < 1.29 is 18.7 Å². The van der Waals surface area contributed by atoms with Gasteiger partial charge in [0.05, 0.1) is 5.69 Å². The highest BCUT2D eigenvalue weighted by Crippen LogP contribution is 2.46. The zero-order chi connectivity index (χ0) is 18.0. The molecule has 0 aromatic heterocycles. The van der Waals surface area contributed by atoms with Gasteiger partial charge in [-0.1, -0.05) is 19.1 Å². The average Bonchev–Trinajstić information content (AvgIpc) is 2.99. The molecular weight excluding hydrogens is 321 g/mol. The smallest absolute Gasteiger partial charge is 0.189 e. The van der Waals surface area contributed by atoms with Crippen molar-refractivity contribution in [1.82, 2.24) is 0 Å². The zero-order valence-corrected chi connectivity index (χ0v) is 14.7. The van der Waals surface area contributed by atoms with Crippen molar-refractivity contribution in [3.63, 3.8) is 0 Å². The molecule has 3 atom stereocenters. The minimum absolute atomic E-state index is 0.0431. The molecule has 25 heavy (non-hydrogen) atoms. The monoisotopic (exact) mass is 345 g/mol. The van der Waals surface area contributed by atoms with Crippen LogP contribution in [0.1, 0.15) is 25.3 Å². The Kier molecular flexibility index (Phi) is 4.95. The first kappa shape index (κ1) is 17.7. The number of ketones is 1. The summed E-state index contributed by atoms with van der Waals surface area (Å²) in [5, 5.41) is 2.82. The molecule has 1 aliphatic heterocycles. The second kappa shape index (κ2) is 7.00. The van der Waals surface area contributed by atoms with Gasteiger partial charge in [-0.25, -0.2) is 4.39 Å². The van der Waals surface area contributed by atoms with Crippen LogP contribution in [0.5, 0.6) is 0 Å². The molecule has 0 saturated carbocycles. The standard InChI is InChI=1S/C20H24FNO3/c1-4-5-15-11-20(19(10-18(15)23)24-12-25-20)13(2)8-14-6-7-17(22-3)16(21)9-14/h4,6-7,9-10,13,15,22H,1,5,8,11-12H2,2-3H3/t13-,15+,20-/m1/s1. The van der Waals surface area contributed by atoms with Gasteiger partial charge in [-0.3, -0.25) is 4.79 Å².